The third-order valence-electron chi connectivity index (χ3n) is 7.10. The summed E-state index contributed by atoms with van der Waals surface area (Å²) in [5, 5.41) is 29.2. The van der Waals surface area contributed by atoms with Crippen molar-refractivity contribution < 1.29 is 24.6 Å². The molecule has 0 saturated heterocycles. The fraction of sp³-hybridized carbons (Fsp3) is 0.406. The number of benzene rings is 2. The van der Waals surface area contributed by atoms with Gasteiger partial charge in [0.05, 0.1) is 17.0 Å². The van der Waals surface area contributed by atoms with Crippen LogP contribution in [0, 0.1) is 12.3 Å². The summed E-state index contributed by atoms with van der Waals surface area (Å²) in [6.45, 7) is 7.30. The molecule has 0 aliphatic carbocycles. The van der Waals surface area contributed by atoms with Gasteiger partial charge in [-0.25, -0.2) is 4.79 Å². The van der Waals surface area contributed by atoms with Gasteiger partial charge < -0.3 is 20.8 Å². The molecule has 9 heteroatoms. The second kappa shape index (κ2) is 14.3. The Bertz CT molecular complexity index is 1290. The van der Waals surface area contributed by atoms with Gasteiger partial charge in [-0.05, 0) is 59.7 Å². The predicted octanol–water partition coefficient (Wildman–Crippen LogP) is 4.90. The maximum Gasteiger partial charge on any atom is 0.407 e. The summed E-state index contributed by atoms with van der Waals surface area (Å²) < 4.78 is 0. The normalized spacial score (nSPS) is 14.4. The van der Waals surface area contributed by atoms with E-state index in [4.69, 9.17) is 0 Å². The fourth-order valence-electron chi connectivity index (χ4n) is 5.08. The molecule has 1 aromatic heterocycles. The van der Waals surface area contributed by atoms with Crippen molar-refractivity contribution in [2.75, 3.05) is 7.05 Å². The molecule has 220 valence electrons. The van der Waals surface area contributed by atoms with Crippen LogP contribution in [0.1, 0.15) is 53.6 Å². The van der Waals surface area contributed by atoms with Crippen molar-refractivity contribution in [3.8, 4) is 0 Å². The number of hydrogen-bond donors (Lipinski definition) is 4. The van der Waals surface area contributed by atoms with Crippen molar-refractivity contribution in [1.29, 1.82) is 0 Å². The first-order chi connectivity index (χ1) is 19.4. The average Bonchev–Trinajstić information content (AvgIpc) is 3.34. The molecule has 41 heavy (non-hydrogen) atoms. The first-order valence-corrected chi connectivity index (χ1v) is 14.6. The highest BCUT2D eigenvalue weighted by Gasteiger charge is 2.39. The molecule has 8 nitrogen and oxygen atoms in total. The molecule has 4 atom stereocenters. The van der Waals surface area contributed by atoms with E-state index in [0.29, 0.717) is 17.7 Å². The Hall–Kier alpha value is -3.69. The van der Waals surface area contributed by atoms with Crippen LogP contribution in [-0.2, 0) is 17.6 Å². The van der Waals surface area contributed by atoms with E-state index in [2.05, 4.69) is 10.6 Å². The molecule has 3 rings (SSSR count). The second-order valence-electron chi connectivity index (χ2n) is 11.6. The van der Waals surface area contributed by atoms with Crippen molar-refractivity contribution >= 4 is 29.2 Å². The number of likely N-dealkylation sites (N-methyl/N-ethyl adjacent to an activating group) is 1. The summed E-state index contributed by atoms with van der Waals surface area (Å²) in [4.78, 5) is 40.2. The molecule has 0 fully saturated rings. The van der Waals surface area contributed by atoms with Gasteiger partial charge in [-0.3, -0.25) is 14.5 Å². The number of carbonyl (C=O) groups is 3. The highest BCUT2D eigenvalue weighted by atomic mass is 32.1. The average molecular weight is 580 g/mol. The van der Waals surface area contributed by atoms with Crippen molar-refractivity contribution in [3.63, 3.8) is 0 Å². The van der Waals surface area contributed by atoms with Crippen LogP contribution in [0.5, 0.6) is 0 Å². The van der Waals surface area contributed by atoms with Gasteiger partial charge in [-0.1, -0.05) is 81.4 Å². The molecule has 0 aliphatic rings. The standard InChI is InChI=1S/C32H41N3O5S/c1-21-16-17-41-27(21)29(37)33-24(18-22-12-8-6-9-13-22)20-26(36)25(19-23-14-10-7-11-15-23)34-30(38)28(32(2,3)4)35(5)31(39)40/h6-17,24-26,28,36H,18-20H2,1-5H3,(H,33,37)(H,34,38)(H,39,40)/t24-,25-,26+,28+/m0/s1. The van der Waals surface area contributed by atoms with Gasteiger partial charge in [0.2, 0.25) is 5.91 Å². The second-order valence-corrected chi connectivity index (χ2v) is 12.5. The molecule has 4 N–H and O–H groups in total. The molecular formula is C32H41N3O5S. The van der Waals surface area contributed by atoms with Gasteiger partial charge in [0.1, 0.15) is 6.04 Å². The minimum atomic E-state index is -1.21. The van der Waals surface area contributed by atoms with Crippen LogP contribution in [0.4, 0.5) is 4.79 Å². The van der Waals surface area contributed by atoms with Gasteiger partial charge in [-0.15, -0.1) is 11.3 Å². The number of aryl methyl sites for hydroxylation is 1. The maximum atomic E-state index is 13.6. The number of amides is 3. The van der Waals surface area contributed by atoms with Crippen LogP contribution < -0.4 is 10.6 Å². The van der Waals surface area contributed by atoms with Gasteiger partial charge in [0, 0.05) is 13.1 Å². The van der Waals surface area contributed by atoms with E-state index >= 15 is 0 Å². The van der Waals surface area contributed by atoms with Crippen LogP contribution in [0.3, 0.4) is 0 Å². The molecule has 2 aromatic carbocycles. The van der Waals surface area contributed by atoms with Gasteiger partial charge in [-0.2, -0.15) is 0 Å². The Balaban J connectivity index is 1.88. The summed E-state index contributed by atoms with van der Waals surface area (Å²) in [6, 6.07) is 19.0. The fourth-order valence-corrected chi connectivity index (χ4v) is 5.91. The molecular weight excluding hydrogens is 538 g/mol. The quantitative estimate of drug-likeness (QED) is 0.243. The number of nitrogens with one attached hydrogen (secondary N) is 2. The Morgan fingerprint density at radius 1 is 0.902 bits per heavy atom. The first kappa shape index (κ1) is 31.8. The minimum Gasteiger partial charge on any atom is -0.465 e. The largest absolute Gasteiger partial charge is 0.465 e. The third-order valence-corrected chi connectivity index (χ3v) is 8.12. The summed E-state index contributed by atoms with van der Waals surface area (Å²) in [6.07, 6.45) is -1.25. The zero-order chi connectivity index (χ0) is 30.2. The first-order valence-electron chi connectivity index (χ1n) is 13.7. The van der Waals surface area contributed by atoms with Crippen LogP contribution in [0.25, 0.3) is 0 Å². The monoisotopic (exact) mass is 579 g/mol. The Morgan fingerprint density at radius 3 is 1.95 bits per heavy atom. The zero-order valence-electron chi connectivity index (χ0n) is 24.3. The molecule has 1 heterocycles. The van der Waals surface area contributed by atoms with Crippen LogP contribution in [0.2, 0.25) is 0 Å². The van der Waals surface area contributed by atoms with Gasteiger partial charge in [0.15, 0.2) is 0 Å². The lowest BCUT2D eigenvalue weighted by molar-refractivity contribution is -0.130. The number of carbonyl (C=O) groups excluding carboxylic acids is 2. The van der Waals surface area contributed by atoms with E-state index in [1.807, 2.05) is 79.0 Å². The number of rotatable bonds is 12. The lowest BCUT2D eigenvalue weighted by Crippen LogP contribution is -2.58. The van der Waals surface area contributed by atoms with E-state index in [0.717, 1.165) is 21.6 Å². The molecule has 3 aromatic rings. The van der Waals surface area contributed by atoms with Crippen molar-refractivity contribution in [2.24, 2.45) is 5.41 Å². The van der Waals surface area contributed by atoms with E-state index < -0.39 is 41.6 Å². The SMILES string of the molecule is Cc1ccsc1C(=O)N[C@@H](Cc1ccccc1)C[C@@H](O)[C@H](Cc1ccccc1)NC(=O)[C@@H](N(C)C(=O)O)C(C)(C)C. The molecule has 0 bridgehead atoms. The smallest absolute Gasteiger partial charge is 0.407 e. The Labute approximate surface area is 246 Å². The molecule has 0 saturated carbocycles. The number of thiophene rings is 1. The molecule has 0 radical (unpaired) electrons. The summed E-state index contributed by atoms with van der Waals surface area (Å²) in [7, 11) is 1.37. The summed E-state index contributed by atoms with van der Waals surface area (Å²) in [5.74, 6) is -0.689. The number of carboxylic acid groups (broad SMARTS) is 1. The molecule has 0 aliphatic heterocycles. The highest BCUT2D eigenvalue weighted by molar-refractivity contribution is 7.12. The van der Waals surface area contributed by atoms with E-state index in [1.54, 1.807) is 20.8 Å². The topological polar surface area (TPSA) is 119 Å². The predicted molar refractivity (Wildman–Crippen MR) is 162 cm³/mol. The van der Waals surface area contributed by atoms with E-state index in [1.165, 1.54) is 18.4 Å². The lowest BCUT2D eigenvalue weighted by atomic mass is 9.84. The van der Waals surface area contributed by atoms with Crippen LogP contribution in [0.15, 0.2) is 72.1 Å². The number of hydrogen-bond acceptors (Lipinski definition) is 5. The minimum absolute atomic E-state index is 0.178. The van der Waals surface area contributed by atoms with E-state index in [-0.39, 0.29) is 12.3 Å². The van der Waals surface area contributed by atoms with Crippen molar-refractivity contribution in [3.05, 3.63) is 93.7 Å². The van der Waals surface area contributed by atoms with Crippen LogP contribution in [-0.4, -0.2) is 64.3 Å². The number of aliphatic hydroxyl groups excluding tert-OH is 1. The number of nitrogens with zero attached hydrogens (tertiary/aromatic N) is 1. The number of aliphatic hydroxyl groups is 1. The van der Waals surface area contributed by atoms with Crippen molar-refractivity contribution in [1.82, 2.24) is 15.5 Å². The molecule has 0 spiro atoms. The Morgan fingerprint density at radius 2 is 1.46 bits per heavy atom. The summed E-state index contributed by atoms with van der Waals surface area (Å²) >= 11 is 1.37. The third kappa shape index (κ3) is 9.16. The highest BCUT2D eigenvalue weighted by Crippen LogP contribution is 2.25. The van der Waals surface area contributed by atoms with Gasteiger partial charge in [0.25, 0.3) is 5.91 Å². The zero-order valence-corrected chi connectivity index (χ0v) is 25.2. The summed E-state index contributed by atoms with van der Waals surface area (Å²) in [5.41, 5.74) is 2.11. The van der Waals surface area contributed by atoms with Gasteiger partial charge >= 0.3 is 6.09 Å². The van der Waals surface area contributed by atoms with Crippen molar-refractivity contribution in [2.45, 2.75) is 71.2 Å². The maximum absolute atomic E-state index is 13.6. The lowest BCUT2D eigenvalue weighted by Gasteiger charge is -2.37. The Kier molecular flexibility index (Phi) is 11.1. The molecule has 3 amide bonds. The van der Waals surface area contributed by atoms with Crippen LogP contribution >= 0.6 is 11.3 Å². The van der Waals surface area contributed by atoms with E-state index in [9.17, 15) is 24.6 Å². The molecule has 0 unspecified atom stereocenters.